The molecule has 0 atom stereocenters. The maximum atomic E-state index is 12.9. The molecular weight excluding hydrogens is 446 g/mol. The lowest BCUT2D eigenvalue weighted by Gasteiger charge is -2.13. The second kappa shape index (κ2) is 10.5. The minimum Gasteiger partial charge on any atom is -0.497 e. The Balaban J connectivity index is 1.54. The van der Waals surface area contributed by atoms with Crippen molar-refractivity contribution in [1.29, 1.82) is 0 Å². The number of benzene rings is 3. The highest BCUT2D eigenvalue weighted by Crippen LogP contribution is 2.33. The van der Waals surface area contributed by atoms with Gasteiger partial charge in [-0.3, -0.25) is 9.59 Å². The zero-order valence-electron chi connectivity index (χ0n) is 19.4. The number of hydrogen-bond donors (Lipinski definition) is 2. The first kappa shape index (κ1) is 23.4. The maximum Gasteiger partial charge on any atom is 0.286 e. The number of amides is 2. The number of H-pyrrole nitrogens is 1. The van der Waals surface area contributed by atoms with E-state index in [0.717, 1.165) is 50.1 Å². The van der Waals surface area contributed by atoms with Gasteiger partial charge >= 0.3 is 0 Å². The van der Waals surface area contributed by atoms with Crippen LogP contribution in [0.1, 0.15) is 12.0 Å². The fourth-order valence-electron chi connectivity index (χ4n) is 3.76. The van der Waals surface area contributed by atoms with Crippen molar-refractivity contribution < 1.29 is 14.3 Å². The molecule has 4 aromatic rings. The Morgan fingerprint density at radius 3 is 2.41 bits per heavy atom. The van der Waals surface area contributed by atoms with Crippen molar-refractivity contribution >= 4 is 39.5 Å². The number of aryl methyl sites for hydroxylation is 1. The van der Waals surface area contributed by atoms with Crippen LogP contribution in [0.3, 0.4) is 0 Å². The van der Waals surface area contributed by atoms with Gasteiger partial charge in [-0.15, -0.1) is 0 Å². The molecular formula is C27H27N3O3S. The predicted octanol–water partition coefficient (Wildman–Crippen LogP) is 6.19. The first-order valence-electron chi connectivity index (χ1n) is 11.0. The molecule has 0 aliphatic heterocycles. The van der Waals surface area contributed by atoms with E-state index in [9.17, 15) is 9.59 Å². The average Bonchev–Trinajstić information content (AvgIpc) is 3.22. The van der Waals surface area contributed by atoms with Crippen molar-refractivity contribution in [3.63, 3.8) is 0 Å². The number of aromatic amines is 1. The van der Waals surface area contributed by atoms with Crippen LogP contribution in [0.5, 0.6) is 5.75 Å². The molecule has 0 spiro atoms. The number of methoxy groups -OCH3 is 1. The summed E-state index contributed by atoms with van der Waals surface area (Å²) in [6.07, 6.45) is 0.884. The van der Waals surface area contributed by atoms with Crippen LogP contribution in [0.25, 0.3) is 22.2 Å². The van der Waals surface area contributed by atoms with Crippen LogP contribution in [-0.2, 0) is 11.2 Å². The molecule has 6 nitrogen and oxygen atoms in total. The summed E-state index contributed by atoms with van der Waals surface area (Å²) in [6.45, 7) is 0. The molecule has 1 aromatic heterocycles. The van der Waals surface area contributed by atoms with E-state index in [1.807, 2.05) is 66.7 Å². The van der Waals surface area contributed by atoms with E-state index in [1.165, 1.54) is 4.90 Å². The van der Waals surface area contributed by atoms with Crippen LogP contribution in [0.2, 0.25) is 0 Å². The van der Waals surface area contributed by atoms with Crippen LogP contribution < -0.4 is 10.1 Å². The summed E-state index contributed by atoms with van der Waals surface area (Å²) in [5.74, 6) is 0.696. The van der Waals surface area contributed by atoms with Gasteiger partial charge in [-0.25, -0.2) is 0 Å². The Bertz CT molecular complexity index is 1310. The minimum atomic E-state index is -0.101. The number of thioether (sulfide) groups is 1. The molecule has 3 aromatic carbocycles. The van der Waals surface area contributed by atoms with Gasteiger partial charge < -0.3 is 19.9 Å². The fourth-order valence-corrected chi connectivity index (χ4v) is 4.51. The number of carbonyl (C=O) groups excluding carboxylic acids is 2. The Hall–Kier alpha value is -3.71. The summed E-state index contributed by atoms with van der Waals surface area (Å²) in [5.41, 5.74) is 4.82. The van der Waals surface area contributed by atoms with Crippen LogP contribution in [0.15, 0.2) is 77.7 Å². The number of nitrogens with zero attached hydrogens (tertiary/aromatic N) is 1. The molecule has 2 N–H and O–H groups in total. The van der Waals surface area contributed by atoms with E-state index in [1.54, 1.807) is 21.2 Å². The van der Waals surface area contributed by atoms with E-state index in [0.29, 0.717) is 18.5 Å². The number of aromatic nitrogens is 1. The second-order valence-electron chi connectivity index (χ2n) is 8.06. The molecule has 0 aliphatic carbocycles. The monoisotopic (exact) mass is 473 g/mol. The van der Waals surface area contributed by atoms with Crippen molar-refractivity contribution in [3.8, 4) is 17.0 Å². The van der Waals surface area contributed by atoms with Crippen molar-refractivity contribution in [2.24, 2.45) is 0 Å². The molecule has 34 heavy (non-hydrogen) atoms. The molecule has 1 heterocycles. The third-order valence-electron chi connectivity index (χ3n) is 5.52. The van der Waals surface area contributed by atoms with Gasteiger partial charge in [-0.05, 0) is 71.8 Å². The molecule has 0 radical (unpaired) electrons. The lowest BCUT2D eigenvalue weighted by molar-refractivity contribution is -0.116. The van der Waals surface area contributed by atoms with Crippen molar-refractivity contribution in [2.75, 3.05) is 26.5 Å². The number of carbonyl (C=O) groups is 2. The smallest absolute Gasteiger partial charge is 0.286 e. The molecule has 174 valence electrons. The lowest BCUT2D eigenvalue weighted by Crippen LogP contribution is -2.17. The van der Waals surface area contributed by atoms with Gasteiger partial charge in [0.1, 0.15) is 5.75 Å². The van der Waals surface area contributed by atoms with E-state index >= 15 is 0 Å². The lowest BCUT2D eigenvalue weighted by atomic mass is 10.0. The van der Waals surface area contributed by atoms with Crippen molar-refractivity contribution in [1.82, 2.24) is 9.88 Å². The van der Waals surface area contributed by atoms with Crippen molar-refractivity contribution in [2.45, 2.75) is 17.7 Å². The zero-order valence-corrected chi connectivity index (χ0v) is 20.2. The van der Waals surface area contributed by atoms with Gasteiger partial charge in [-0.1, -0.05) is 30.3 Å². The summed E-state index contributed by atoms with van der Waals surface area (Å²) in [6, 6.07) is 23.4. The van der Waals surface area contributed by atoms with Gasteiger partial charge in [0.2, 0.25) is 5.91 Å². The van der Waals surface area contributed by atoms with E-state index in [4.69, 9.17) is 4.74 Å². The van der Waals surface area contributed by atoms with E-state index in [-0.39, 0.29) is 11.1 Å². The first-order chi connectivity index (χ1) is 16.5. The molecule has 0 unspecified atom stereocenters. The van der Waals surface area contributed by atoms with E-state index in [2.05, 4.69) is 16.4 Å². The third-order valence-corrected chi connectivity index (χ3v) is 6.63. The molecule has 7 heteroatoms. The van der Waals surface area contributed by atoms with Gasteiger partial charge in [0.15, 0.2) is 0 Å². The zero-order chi connectivity index (χ0) is 24.1. The highest BCUT2D eigenvalue weighted by molar-refractivity contribution is 8.13. The Morgan fingerprint density at radius 2 is 1.68 bits per heavy atom. The number of hydrogen-bond acceptors (Lipinski definition) is 4. The largest absolute Gasteiger partial charge is 0.497 e. The molecule has 2 amide bonds. The number of rotatable bonds is 7. The van der Waals surface area contributed by atoms with Gasteiger partial charge in [0, 0.05) is 42.0 Å². The first-order valence-corrected chi connectivity index (χ1v) is 11.8. The maximum absolute atomic E-state index is 12.9. The molecule has 0 aliphatic rings. The quantitative estimate of drug-likeness (QED) is 0.314. The van der Waals surface area contributed by atoms with Crippen molar-refractivity contribution in [3.05, 3.63) is 78.4 Å². The number of fused-ring (bicyclic) bond motifs is 1. The van der Waals surface area contributed by atoms with Gasteiger partial charge in [-0.2, -0.15) is 0 Å². The molecule has 0 saturated carbocycles. The summed E-state index contributed by atoms with van der Waals surface area (Å²) >= 11 is 1.10. The minimum absolute atomic E-state index is 0.0929. The predicted molar refractivity (Wildman–Crippen MR) is 139 cm³/mol. The Morgan fingerprint density at radius 1 is 0.971 bits per heavy atom. The molecule has 0 saturated heterocycles. The number of ether oxygens (including phenoxy) is 1. The van der Waals surface area contributed by atoms with E-state index < -0.39 is 0 Å². The van der Waals surface area contributed by atoms with Gasteiger partial charge in [0.05, 0.1) is 12.8 Å². The second-order valence-corrected chi connectivity index (χ2v) is 9.05. The van der Waals surface area contributed by atoms with Crippen LogP contribution in [0, 0.1) is 0 Å². The summed E-state index contributed by atoms with van der Waals surface area (Å²) in [7, 11) is 5.06. The summed E-state index contributed by atoms with van der Waals surface area (Å²) in [4.78, 5) is 30.8. The average molecular weight is 474 g/mol. The number of nitrogens with one attached hydrogen (secondary N) is 2. The summed E-state index contributed by atoms with van der Waals surface area (Å²) in [5, 5.41) is 3.99. The summed E-state index contributed by atoms with van der Waals surface area (Å²) < 4.78 is 5.29. The highest BCUT2D eigenvalue weighted by Gasteiger charge is 2.16. The highest BCUT2D eigenvalue weighted by atomic mass is 32.2. The molecule has 0 fully saturated rings. The number of para-hydroxylation sites is 2. The number of anilines is 1. The topological polar surface area (TPSA) is 74.4 Å². The molecule has 4 rings (SSSR count). The Labute approximate surface area is 203 Å². The third kappa shape index (κ3) is 5.26. The Kier molecular flexibility index (Phi) is 7.23. The SMILES string of the molecule is COc1ccc(-c2[nH]c3ccccc3c2CCC(=O)Nc2ccccc2SC(=O)N(C)C)cc1. The standard InChI is InChI=1S/C27H27N3O3S/c1-30(2)27(32)34-24-11-7-6-10-23(24)28-25(31)17-16-21-20-8-4-5-9-22(20)29-26(21)18-12-14-19(33-3)15-13-18/h4-15,29H,16-17H2,1-3H3,(H,28,31). The fraction of sp³-hybridized carbons (Fsp3) is 0.185. The van der Waals surface area contributed by atoms with Gasteiger partial charge in [0.25, 0.3) is 5.24 Å². The van der Waals surface area contributed by atoms with Crippen LogP contribution in [0.4, 0.5) is 10.5 Å². The van der Waals surface area contributed by atoms with Crippen LogP contribution >= 0.6 is 11.8 Å². The molecule has 0 bridgehead atoms. The van der Waals surface area contributed by atoms with Crippen LogP contribution in [-0.4, -0.2) is 42.2 Å². The normalized spacial score (nSPS) is 10.8.